The number of methoxy groups -OCH3 is 3. The summed E-state index contributed by atoms with van der Waals surface area (Å²) in [4.78, 5) is 0.236. The number of sulfonamides is 1. The minimum Gasteiger partial charge on any atom is -0.496 e. The van der Waals surface area contributed by atoms with Crippen LogP contribution in [0.3, 0.4) is 0 Å². The minimum absolute atomic E-state index is 0.236. The van der Waals surface area contributed by atoms with Gasteiger partial charge in [-0.1, -0.05) is 61.4 Å². The Morgan fingerprint density at radius 1 is 0.853 bits per heavy atom. The van der Waals surface area contributed by atoms with Crippen LogP contribution in [0, 0.1) is 6.92 Å². The Bertz CT molecular complexity index is 1150. The first-order chi connectivity index (χ1) is 16.3. The fourth-order valence-corrected chi connectivity index (χ4v) is 5.47. The van der Waals surface area contributed by atoms with Crippen molar-refractivity contribution in [1.82, 2.24) is 4.72 Å². The third kappa shape index (κ3) is 5.72. The topological polar surface area (TPSA) is 73.9 Å². The molecule has 1 N–H and O–H groups in total. The van der Waals surface area contributed by atoms with Gasteiger partial charge in [0.15, 0.2) is 0 Å². The van der Waals surface area contributed by atoms with Gasteiger partial charge in [-0.15, -0.1) is 0 Å². The molecule has 7 heteroatoms. The number of nitrogens with one attached hydrogen (secondary N) is 1. The van der Waals surface area contributed by atoms with Crippen LogP contribution in [0.2, 0.25) is 0 Å². The summed E-state index contributed by atoms with van der Waals surface area (Å²) in [5.74, 6) is 1.37. The Balaban J connectivity index is 2.19. The van der Waals surface area contributed by atoms with Crippen LogP contribution in [-0.2, 0) is 10.0 Å². The molecule has 3 aromatic carbocycles. The highest BCUT2D eigenvalue weighted by atomic mass is 32.2. The van der Waals surface area contributed by atoms with Gasteiger partial charge in [-0.2, -0.15) is 0 Å². The fourth-order valence-electron chi connectivity index (χ4n) is 4.19. The predicted octanol–water partition coefficient (Wildman–Crippen LogP) is 5.30. The zero-order valence-corrected chi connectivity index (χ0v) is 21.2. The van der Waals surface area contributed by atoms with Crippen LogP contribution in [-0.4, -0.2) is 35.8 Å². The normalized spacial score (nSPS) is 13.2. The molecule has 182 valence electrons. The van der Waals surface area contributed by atoms with Crippen LogP contribution in [0.15, 0.2) is 71.6 Å². The third-order valence-electron chi connectivity index (χ3n) is 5.86. The molecule has 3 rings (SSSR count). The first kappa shape index (κ1) is 25.6. The SMILES string of the molecule is CCC[C@H](NS(=O)(=O)c1ccc(C)cc1)[C@@H](c1ccccc1)c1c(OC)cc(OC)cc1OC. The van der Waals surface area contributed by atoms with Crippen LogP contribution in [0.4, 0.5) is 0 Å². The molecule has 0 unspecified atom stereocenters. The van der Waals surface area contributed by atoms with Crippen molar-refractivity contribution >= 4 is 10.0 Å². The van der Waals surface area contributed by atoms with Crippen molar-refractivity contribution in [2.75, 3.05) is 21.3 Å². The van der Waals surface area contributed by atoms with E-state index < -0.39 is 16.1 Å². The standard InChI is InChI=1S/C27H33NO5S/c1-6-10-23(28-34(29,30)22-15-13-19(2)14-16-22)26(20-11-8-7-9-12-20)27-24(32-4)17-21(31-3)18-25(27)33-5/h7-9,11-18,23,26,28H,6,10H2,1-5H3/t23-,26+/m0/s1. The van der Waals surface area contributed by atoms with Crippen LogP contribution >= 0.6 is 0 Å². The summed E-state index contributed by atoms with van der Waals surface area (Å²) in [6.45, 7) is 3.97. The van der Waals surface area contributed by atoms with E-state index in [1.165, 1.54) is 0 Å². The van der Waals surface area contributed by atoms with Gasteiger partial charge >= 0.3 is 0 Å². The molecular formula is C27H33NO5S. The largest absolute Gasteiger partial charge is 0.496 e. The van der Waals surface area contributed by atoms with E-state index in [4.69, 9.17) is 14.2 Å². The van der Waals surface area contributed by atoms with Crippen molar-refractivity contribution in [2.24, 2.45) is 0 Å². The van der Waals surface area contributed by atoms with E-state index >= 15 is 0 Å². The molecule has 0 bridgehead atoms. The lowest BCUT2D eigenvalue weighted by molar-refractivity contribution is 0.359. The second-order valence-electron chi connectivity index (χ2n) is 8.16. The molecule has 0 radical (unpaired) electrons. The zero-order valence-electron chi connectivity index (χ0n) is 20.4. The van der Waals surface area contributed by atoms with Crippen LogP contribution in [0.1, 0.15) is 42.4 Å². The second kappa shape index (κ2) is 11.4. The molecular weight excluding hydrogens is 450 g/mol. The van der Waals surface area contributed by atoms with Gasteiger partial charge in [0, 0.05) is 29.7 Å². The third-order valence-corrected chi connectivity index (χ3v) is 7.37. The zero-order chi connectivity index (χ0) is 24.7. The van der Waals surface area contributed by atoms with Gasteiger partial charge in [0.2, 0.25) is 10.0 Å². The number of aryl methyl sites for hydroxylation is 1. The molecule has 0 heterocycles. The Hall–Kier alpha value is -3.03. The average Bonchev–Trinajstić information content (AvgIpc) is 2.85. The maximum Gasteiger partial charge on any atom is 0.240 e. The van der Waals surface area contributed by atoms with E-state index in [0.29, 0.717) is 23.7 Å². The molecule has 0 aliphatic carbocycles. The molecule has 0 saturated carbocycles. The molecule has 0 aliphatic rings. The summed E-state index contributed by atoms with van der Waals surface area (Å²) in [7, 11) is 0.990. The summed E-state index contributed by atoms with van der Waals surface area (Å²) in [5.41, 5.74) is 2.72. The molecule has 2 atom stereocenters. The van der Waals surface area contributed by atoms with Gasteiger partial charge in [0.25, 0.3) is 0 Å². The Morgan fingerprint density at radius 3 is 1.94 bits per heavy atom. The van der Waals surface area contributed by atoms with Crippen LogP contribution < -0.4 is 18.9 Å². The first-order valence-corrected chi connectivity index (χ1v) is 12.8. The van der Waals surface area contributed by atoms with Crippen LogP contribution in [0.25, 0.3) is 0 Å². The second-order valence-corrected chi connectivity index (χ2v) is 9.88. The lowest BCUT2D eigenvalue weighted by atomic mass is 9.82. The van der Waals surface area contributed by atoms with Gasteiger partial charge in [-0.3, -0.25) is 0 Å². The predicted molar refractivity (Wildman–Crippen MR) is 135 cm³/mol. The highest BCUT2D eigenvalue weighted by molar-refractivity contribution is 7.89. The summed E-state index contributed by atoms with van der Waals surface area (Å²) >= 11 is 0. The molecule has 34 heavy (non-hydrogen) atoms. The van der Waals surface area contributed by atoms with Crippen molar-refractivity contribution < 1.29 is 22.6 Å². The maximum absolute atomic E-state index is 13.4. The smallest absolute Gasteiger partial charge is 0.240 e. The molecule has 0 amide bonds. The van der Waals surface area contributed by atoms with Crippen molar-refractivity contribution in [3.05, 3.63) is 83.4 Å². The van der Waals surface area contributed by atoms with E-state index in [-0.39, 0.29) is 10.8 Å². The molecule has 0 saturated heterocycles. The van der Waals surface area contributed by atoms with Crippen LogP contribution in [0.5, 0.6) is 17.2 Å². The average molecular weight is 484 g/mol. The lowest BCUT2D eigenvalue weighted by Crippen LogP contribution is -2.40. The molecule has 0 fully saturated rings. The van der Waals surface area contributed by atoms with Gasteiger partial charge in [0.05, 0.1) is 26.2 Å². The molecule has 0 spiro atoms. The van der Waals surface area contributed by atoms with Gasteiger partial charge in [0.1, 0.15) is 17.2 Å². The number of rotatable bonds is 11. The Morgan fingerprint density at radius 2 is 1.44 bits per heavy atom. The maximum atomic E-state index is 13.4. The fraction of sp³-hybridized carbons (Fsp3) is 0.333. The van der Waals surface area contributed by atoms with E-state index in [9.17, 15) is 8.42 Å². The van der Waals surface area contributed by atoms with Crippen molar-refractivity contribution in [2.45, 2.75) is 43.5 Å². The Kier molecular flexibility index (Phi) is 8.58. The van der Waals surface area contributed by atoms with E-state index in [1.807, 2.05) is 44.2 Å². The number of benzene rings is 3. The van der Waals surface area contributed by atoms with Gasteiger partial charge < -0.3 is 14.2 Å². The minimum atomic E-state index is -3.77. The summed E-state index contributed by atoms with van der Waals surface area (Å²) in [6.07, 6.45) is 1.40. The summed E-state index contributed by atoms with van der Waals surface area (Å²) in [5, 5.41) is 0. The highest BCUT2D eigenvalue weighted by Gasteiger charge is 2.33. The lowest BCUT2D eigenvalue weighted by Gasteiger charge is -2.31. The van der Waals surface area contributed by atoms with E-state index in [2.05, 4.69) is 4.72 Å². The number of ether oxygens (including phenoxy) is 3. The van der Waals surface area contributed by atoms with E-state index in [0.717, 1.165) is 23.1 Å². The van der Waals surface area contributed by atoms with Crippen molar-refractivity contribution in [3.63, 3.8) is 0 Å². The van der Waals surface area contributed by atoms with Gasteiger partial charge in [-0.25, -0.2) is 13.1 Å². The Labute approximate surface area is 202 Å². The monoisotopic (exact) mass is 483 g/mol. The van der Waals surface area contributed by atoms with E-state index in [1.54, 1.807) is 57.7 Å². The van der Waals surface area contributed by atoms with Gasteiger partial charge in [-0.05, 0) is 31.0 Å². The molecule has 0 aromatic heterocycles. The molecule has 3 aromatic rings. The summed E-state index contributed by atoms with van der Waals surface area (Å²) < 4.78 is 46.7. The quantitative estimate of drug-likeness (QED) is 0.401. The highest BCUT2D eigenvalue weighted by Crippen LogP contribution is 2.44. The van der Waals surface area contributed by atoms with Crippen molar-refractivity contribution in [1.29, 1.82) is 0 Å². The first-order valence-electron chi connectivity index (χ1n) is 11.3. The number of hydrogen-bond donors (Lipinski definition) is 1. The number of hydrogen-bond acceptors (Lipinski definition) is 5. The summed E-state index contributed by atoms with van der Waals surface area (Å²) in [6, 6.07) is 19.8. The van der Waals surface area contributed by atoms with Crippen molar-refractivity contribution in [3.8, 4) is 17.2 Å². The molecule has 0 aliphatic heterocycles. The molecule has 6 nitrogen and oxygen atoms in total.